The fraction of sp³-hybridized carbons (Fsp3) is 0.467. The number of primary amides is 1. The van der Waals surface area contributed by atoms with Crippen molar-refractivity contribution in [2.75, 3.05) is 11.1 Å². The van der Waals surface area contributed by atoms with Crippen molar-refractivity contribution in [2.24, 2.45) is 5.73 Å². The van der Waals surface area contributed by atoms with E-state index in [2.05, 4.69) is 20.5 Å². The average Bonchev–Trinajstić information content (AvgIpc) is 3.19. The first kappa shape index (κ1) is 17.0. The number of H-pyrrole nitrogens is 1. The Morgan fingerprint density at radius 3 is 2.88 bits per heavy atom. The predicted molar refractivity (Wildman–Crippen MR) is 94.7 cm³/mol. The van der Waals surface area contributed by atoms with Crippen molar-refractivity contribution >= 4 is 39.9 Å². The van der Waals surface area contributed by atoms with Crippen molar-refractivity contribution in [3.8, 4) is 0 Å². The van der Waals surface area contributed by atoms with E-state index in [1.54, 1.807) is 0 Å². The Morgan fingerprint density at radius 2 is 2.21 bits per heavy atom. The van der Waals surface area contributed by atoms with E-state index in [0.29, 0.717) is 15.7 Å². The Morgan fingerprint density at radius 1 is 1.42 bits per heavy atom. The molecule has 0 atom stereocenters. The van der Waals surface area contributed by atoms with Crippen LogP contribution < -0.4 is 11.1 Å². The first-order valence-corrected chi connectivity index (χ1v) is 9.55. The van der Waals surface area contributed by atoms with Crippen molar-refractivity contribution in [1.29, 1.82) is 0 Å². The molecule has 7 nitrogen and oxygen atoms in total. The van der Waals surface area contributed by atoms with E-state index in [0.717, 1.165) is 35.5 Å². The summed E-state index contributed by atoms with van der Waals surface area (Å²) in [7, 11) is 0. The lowest BCUT2D eigenvalue weighted by Crippen LogP contribution is -2.18. The summed E-state index contributed by atoms with van der Waals surface area (Å²) in [5, 5.41) is 10.9. The fourth-order valence-corrected chi connectivity index (χ4v) is 4.54. The van der Waals surface area contributed by atoms with Gasteiger partial charge in [-0.1, -0.05) is 25.6 Å². The number of thiophene rings is 1. The molecule has 0 radical (unpaired) electrons. The Balaban J connectivity index is 1.64. The van der Waals surface area contributed by atoms with Crippen LogP contribution in [0.15, 0.2) is 5.16 Å². The van der Waals surface area contributed by atoms with Gasteiger partial charge in [-0.3, -0.25) is 14.7 Å². The number of hydrogen-bond acceptors (Lipinski definition) is 6. The SMILES string of the molecule is CC(C)c1nc(SCC(=O)Nc2sc3c(c2C(N)=O)CCC3)n[nH]1. The number of nitrogens with zero attached hydrogens (tertiary/aromatic N) is 2. The minimum atomic E-state index is -0.479. The first-order valence-electron chi connectivity index (χ1n) is 7.75. The fourth-order valence-electron chi connectivity index (χ4n) is 2.63. The van der Waals surface area contributed by atoms with Gasteiger partial charge in [0.1, 0.15) is 10.8 Å². The van der Waals surface area contributed by atoms with Gasteiger partial charge in [0, 0.05) is 10.8 Å². The molecule has 0 spiro atoms. The van der Waals surface area contributed by atoms with Gasteiger partial charge in [0.2, 0.25) is 11.1 Å². The van der Waals surface area contributed by atoms with E-state index >= 15 is 0 Å². The quantitative estimate of drug-likeness (QED) is 0.680. The minimum absolute atomic E-state index is 0.177. The molecule has 9 heteroatoms. The topological polar surface area (TPSA) is 114 Å². The number of nitrogens with one attached hydrogen (secondary N) is 2. The van der Waals surface area contributed by atoms with Crippen LogP contribution in [0.4, 0.5) is 5.00 Å². The van der Waals surface area contributed by atoms with Crippen LogP contribution in [-0.4, -0.2) is 32.7 Å². The van der Waals surface area contributed by atoms with Gasteiger partial charge in [-0.2, -0.15) is 0 Å². The summed E-state index contributed by atoms with van der Waals surface area (Å²) in [5.41, 5.74) is 6.97. The van der Waals surface area contributed by atoms with Crippen LogP contribution in [0, 0.1) is 0 Å². The molecule has 0 bridgehead atoms. The van der Waals surface area contributed by atoms with Crippen molar-refractivity contribution < 1.29 is 9.59 Å². The van der Waals surface area contributed by atoms with Crippen LogP contribution in [0.2, 0.25) is 0 Å². The van der Waals surface area contributed by atoms with Gasteiger partial charge in [-0.15, -0.1) is 16.4 Å². The molecule has 24 heavy (non-hydrogen) atoms. The number of carbonyl (C=O) groups is 2. The van der Waals surface area contributed by atoms with Crippen LogP contribution in [-0.2, 0) is 17.6 Å². The summed E-state index contributed by atoms with van der Waals surface area (Å²) in [5.74, 6) is 0.554. The molecule has 0 fully saturated rings. The smallest absolute Gasteiger partial charge is 0.251 e. The van der Waals surface area contributed by atoms with E-state index in [1.807, 2.05) is 13.8 Å². The molecule has 0 unspecified atom stereocenters. The zero-order valence-corrected chi connectivity index (χ0v) is 15.1. The number of aromatic nitrogens is 3. The Labute approximate surface area is 147 Å². The lowest BCUT2D eigenvalue weighted by atomic mass is 10.1. The molecule has 2 amide bonds. The third-order valence-electron chi connectivity index (χ3n) is 3.78. The molecule has 0 saturated heterocycles. The largest absolute Gasteiger partial charge is 0.365 e. The number of aromatic amines is 1. The number of hydrogen-bond donors (Lipinski definition) is 3. The molecule has 0 saturated carbocycles. The number of carbonyl (C=O) groups excluding carboxylic acids is 2. The lowest BCUT2D eigenvalue weighted by Gasteiger charge is -2.05. The number of fused-ring (bicyclic) bond motifs is 1. The molecule has 3 rings (SSSR count). The first-order chi connectivity index (χ1) is 11.5. The summed E-state index contributed by atoms with van der Waals surface area (Å²) in [6.45, 7) is 4.03. The van der Waals surface area contributed by atoms with Crippen LogP contribution in [0.5, 0.6) is 0 Å². The van der Waals surface area contributed by atoms with E-state index in [1.165, 1.54) is 23.1 Å². The minimum Gasteiger partial charge on any atom is -0.365 e. The van der Waals surface area contributed by atoms with Crippen LogP contribution in [0.25, 0.3) is 0 Å². The third kappa shape index (κ3) is 3.46. The van der Waals surface area contributed by atoms with Crippen molar-refractivity contribution in [3.05, 3.63) is 21.8 Å². The van der Waals surface area contributed by atoms with E-state index < -0.39 is 5.91 Å². The molecule has 1 aliphatic carbocycles. The number of amides is 2. The normalized spacial score (nSPS) is 13.3. The third-order valence-corrected chi connectivity index (χ3v) is 5.84. The van der Waals surface area contributed by atoms with Crippen LogP contribution in [0.1, 0.15) is 52.8 Å². The maximum Gasteiger partial charge on any atom is 0.251 e. The van der Waals surface area contributed by atoms with Crippen molar-refractivity contribution in [1.82, 2.24) is 15.2 Å². The van der Waals surface area contributed by atoms with E-state index in [9.17, 15) is 9.59 Å². The van der Waals surface area contributed by atoms with Crippen molar-refractivity contribution in [2.45, 2.75) is 44.2 Å². The van der Waals surface area contributed by atoms with Gasteiger partial charge >= 0.3 is 0 Å². The van der Waals surface area contributed by atoms with Crippen molar-refractivity contribution in [3.63, 3.8) is 0 Å². The highest BCUT2D eigenvalue weighted by molar-refractivity contribution is 7.99. The highest BCUT2D eigenvalue weighted by Gasteiger charge is 2.26. The summed E-state index contributed by atoms with van der Waals surface area (Å²) < 4.78 is 0. The monoisotopic (exact) mass is 365 g/mol. The maximum atomic E-state index is 12.2. The van der Waals surface area contributed by atoms with Gasteiger partial charge in [0.25, 0.3) is 5.91 Å². The standard InChI is InChI=1S/C15H19N5O2S2/c1-7(2)13-18-15(20-19-13)23-6-10(21)17-14-11(12(16)22)8-4-3-5-9(8)24-14/h7H,3-6H2,1-2H3,(H2,16,22)(H,17,21)(H,18,19,20). The molecule has 2 heterocycles. The zero-order chi connectivity index (χ0) is 17.3. The molecule has 2 aromatic heterocycles. The number of anilines is 1. The average molecular weight is 365 g/mol. The number of thioether (sulfide) groups is 1. The number of aryl methyl sites for hydroxylation is 1. The van der Waals surface area contributed by atoms with Crippen LogP contribution in [0.3, 0.4) is 0 Å². The van der Waals surface area contributed by atoms with E-state index in [4.69, 9.17) is 5.73 Å². The highest BCUT2D eigenvalue weighted by Crippen LogP contribution is 2.38. The van der Waals surface area contributed by atoms with Gasteiger partial charge in [0.15, 0.2) is 0 Å². The highest BCUT2D eigenvalue weighted by atomic mass is 32.2. The van der Waals surface area contributed by atoms with Gasteiger partial charge in [0.05, 0.1) is 11.3 Å². The summed E-state index contributed by atoms with van der Waals surface area (Å²) in [4.78, 5) is 29.4. The second kappa shape index (κ2) is 6.94. The van der Waals surface area contributed by atoms with E-state index in [-0.39, 0.29) is 17.6 Å². The molecular weight excluding hydrogens is 346 g/mol. The molecule has 128 valence electrons. The second-order valence-electron chi connectivity index (χ2n) is 5.92. The molecule has 1 aliphatic rings. The Bertz CT molecular complexity index is 781. The number of rotatable bonds is 6. The molecule has 0 aromatic carbocycles. The summed E-state index contributed by atoms with van der Waals surface area (Å²) in [6.07, 6.45) is 2.83. The lowest BCUT2D eigenvalue weighted by molar-refractivity contribution is -0.113. The maximum absolute atomic E-state index is 12.2. The summed E-state index contributed by atoms with van der Waals surface area (Å²) in [6, 6.07) is 0. The molecule has 0 aliphatic heterocycles. The Hall–Kier alpha value is -1.87. The van der Waals surface area contributed by atoms with Gasteiger partial charge in [-0.05, 0) is 24.8 Å². The molecular formula is C15H19N5O2S2. The van der Waals surface area contributed by atoms with Gasteiger partial charge < -0.3 is 11.1 Å². The second-order valence-corrected chi connectivity index (χ2v) is 7.97. The Kier molecular flexibility index (Phi) is 4.91. The molecule has 2 aromatic rings. The summed E-state index contributed by atoms with van der Waals surface area (Å²) >= 11 is 2.71. The van der Waals surface area contributed by atoms with Crippen LogP contribution >= 0.6 is 23.1 Å². The zero-order valence-electron chi connectivity index (χ0n) is 13.5. The number of nitrogens with two attached hydrogens (primary N) is 1. The van der Waals surface area contributed by atoms with Gasteiger partial charge in [-0.25, -0.2) is 4.98 Å². The predicted octanol–water partition coefficient (Wildman–Crippen LogP) is 2.31. The molecule has 4 N–H and O–H groups in total.